The molecule has 0 bridgehead atoms. The summed E-state index contributed by atoms with van der Waals surface area (Å²) >= 11 is 0. The summed E-state index contributed by atoms with van der Waals surface area (Å²) in [5.41, 5.74) is 0.828. The minimum absolute atomic E-state index is 0.0160. The van der Waals surface area contributed by atoms with Crippen LogP contribution >= 0.6 is 0 Å². The van der Waals surface area contributed by atoms with E-state index in [1.165, 1.54) is 0 Å². The fourth-order valence-electron chi connectivity index (χ4n) is 3.01. The van der Waals surface area contributed by atoms with Gasteiger partial charge >= 0.3 is 0 Å². The summed E-state index contributed by atoms with van der Waals surface area (Å²) in [6.07, 6.45) is 3.91. The fourth-order valence-corrected chi connectivity index (χ4v) is 3.01. The van der Waals surface area contributed by atoms with Crippen molar-refractivity contribution in [1.29, 1.82) is 0 Å². The summed E-state index contributed by atoms with van der Waals surface area (Å²) < 4.78 is 11.0. The van der Waals surface area contributed by atoms with Crippen molar-refractivity contribution in [3.05, 3.63) is 30.3 Å². The molecule has 2 atom stereocenters. The third-order valence-electron chi connectivity index (χ3n) is 4.45. The molecule has 136 valence electrons. The molecule has 6 nitrogen and oxygen atoms in total. The van der Waals surface area contributed by atoms with E-state index in [2.05, 4.69) is 10.5 Å². The van der Waals surface area contributed by atoms with Crippen LogP contribution in [0.25, 0.3) is 0 Å². The summed E-state index contributed by atoms with van der Waals surface area (Å²) in [4.78, 5) is 17.4. The van der Waals surface area contributed by atoms with E-state index in [1.54, 1.807) is 0 Å². The number of para-hydroxylation sites is 1. The first-order valence-corrected chi connectivity index (χ1v) is 9.03. The number of carbonyl (C=O) groups excluding carboxylic acids is 1. The van der Waals surface area contributed by atoms with Gasteiger partial charge in [-0.1, -0.05) is 23.4 Å². The zero-order chi connectivity index (χ0) is 17.3. The third-order valence-corrected chi connectivity index (χ3v) is 4.45. The van der Waals surface area contributed by atoms with E-state index >= 15 is 0 Å². The van der Waals surface area contributed by atoms with Crippen molar-refractivity contribution < 1.29 is 19.1 Å². The van der Waals surface area contributed by atoms with Gasteiger partial charge in [0.15, 0.2) is 0 Å². The Morgan fingerprint density at radius 2 is 2.20 bits per heavy atom. The van der Waals surface area contributed by atoms with Crippen molar-refractivity contribution in [2.24, 2.45) is 11.1 Å². The number of amides is 1. The molecule has 0 spiro atoms. The smallest absolute Gasteiger partial charge is 0.225 e. The van der Waals surface area contributed by atoms with Crippen LogP contribution < -0.4 is 10.1 Å². The minimum Gasteiger partial charge on any atom is -0.494 e. The van der Waals surface area contributed by atoms with Crippen LogP contribution in [0.15, 0.2) is 35.5 Å². The molecule has 0 radical (unpaired) electrons. The van der Waals surface area contributed by atoms with Gasteiger partial charge in [-0.15, -0.1) is 0 Å². The van der Waals surface area contributed by atoms with E-state index < -0.39 is 0 Å². The molecule has 3 rings (SSSR count). The second-order valence-electron chi connectivity index (χ2n) is 6.60. The number of nitrogens with zero attached hydrogens (tertiary/aromatic N) is 1. The van der Waals surface area contributed by atoms with Crippen LogP contribution in [0.1, 0.15) is 32.1 Å². The van der Waals surface area contributed by atoms with E-state index in [0.717, 1.165) is 50.4 Å². The fraction of sp³-hybridized carbons (Fsp3) is 0.579. The van der Waals surface area contributed by atoms with Crippen molar-refractivity contribution in [3.63, 3.8) is 0 Å². The number of oxime groups is 1. The highest BCUT2D eigenvalue weighted by Crippen LogP contribution is 2.18. The van der Waals surface area contributed by atoms with Crippen LogP contribution in [0, 0.1) is 5.92 Å². The zero-order valence-corrected chi connectivity index (χ0v) is 14.5. The van der Waals surface area contributed by atoms with Crippen molar-refractivity contribution >= 4 is 11.6 Å². The summed E-state index contributed by atoms with van der Waals surface area (Å²) in [6.45, 7) is 2.89. The van der Waals surface area contributed by atoms with Gasteiger partial charge in [0.1, 0.15) is 11.9 Å². The second-order valence-corrected chi connectivity index (χ2v) is 6.60. The molecule has 2 unspecified atom stereocenters. The van der Waals surface area contributed by atoms with E-state index in [1.807, 2.05) is 30.3 Å². The van der Waals surface area contributed by atoms with E-state index in [-0.39, 0.29) is 12.0 Å². The van der Waals surface area contributed by atoms with Gasteiger partial charge in [-0.25, -0.2) is 0 Å². The molecule has 2 heterocycles. The van der Waals surface area contributed by atoms with Gasteiger partial charge in [0.2, 0.25) is 5.91 Å². The van der Waals surface area contributed by atoms with Gasteiger partial charge in [-0.2, -0.15) is 0 Å². The molecule has 1 aromatic carbocycles. The quantitative estimate of drug-likeness (QED) is 0.698. The Hall–Kier alpha value is -2.08. The van der Waals surface area contributed by atoms with Crippen LogP contribution in [0.2, 0.25) is 0 Å². The maximum atomic E-state index is 12.0. The van der Waals surface area contributed by atoms with Crippen molar-refractivity contribution in [2.45, 2.75) is 38.2 Å². The third kappa shape index (κ3) is 6.05. The molecule has 2 aliphatic rings. The maximum Gasteiger partial charge on any atom is 0.225 e. The van der Waals surface area contributed by atoms with Gasteiger partial charge in [0, 0.05) is 25.5 Å². The molecular weight excluding hydrogens is 320 g/mol. The van der Waals surface area contributed by atoms with Crippen LogP contribution in [-0.4, -0.2) is 44.1 Å². The van der Waals surface area contributed by atoms with Gasteiger partial charge in [0.25, 0.3) is 0 Å². The average Bonchev–Trinajstić information content (AvgIpc) is 3.30. The lowest BCUT2D eigenvalue weighted by Gasteiger charge is -2.10. The molecule has 0 aromatic heterocycles. The molecule has 2 aliphatic heterocycles. The Morgan fingerprint density at radius 1 is 1.32 bits per heavy atom. The van der Waals surface area contributed by atoms with Crippen LogP contribution in [0.4, 0.5) is 0 Å². The van der Waals surface area contributed by atoms with E-state index in [9.17, 15) is 4.79 Å². The minimum atomic E-state index is 0.0160. The lowest BCUT2D eigenvalue weighted by Crippen LogP contribution is -2.30. The van der Waals surface area contributed by atoms with Crippen molar-refractivity contribution in [1.82, 2.24) is 5.32 Å². The highest BCUT2D eigenvalue weighted by molar-refractivity contribution is 6.01. The number of hydrogen-bond acceptors (Lipinski definition) is 5. The molecule has 1 N–H and O–H groups in total. The Labute approximate surface area is 148 Å². The number of rotatable bonds is 9. The van der Waals surface area contributed by atoms with Crippen LogP contribution in [0.3, 0.4) is 0 Å². The highest BCUT2D eigenvalue weighted by Gasteiger charge is 2.23. The molecule has 0 aliphatic carbocycles. The zero-order valence-electron chi connectivity index (χ0n) is 14.5. The summed E-state index contributed by atoms with van der Waals surface area (Å²) in [5, 5.41) is 7.03. The Kier molecular flexibility index (Phi) is 6.68. The lowest BCUT2D eigenvalue weighted by molar-refractivity contribution is -0.120. The first-order chi connectivity index (χ1) is 12.3. The molecule has 1 aromatic rings. The first-order valence-electron chi connectivity index (χ1n) is 9.03. The van der Waals surface area contributed by atoms with Crippen LogP contribution in [0.5, 0.6) is 5.75 Å². The van der Waals surface area contributed by atoms with Crippen molar-refractivity contribution in [3.8, 4) is 5.75 Å². The van der Waals surface area contributed by atoms with E-state index in [4.69, 9.17) is 14.3 Å². The van der Waals surface area contributed by atoms with Gasteiger partial charge in [-0.05, 0) is 31.4 Å². The summed E-state index contributed by atoms with van der Waals surface area (Å²) in [7, 11) is 0. The number of hydrogen-bond donors (Lipinski definition) is 1. The SMILES string of the molecule is O=C(CC1=NOC(CCCOc2ccccc2)C1)NCC1CCOC1. The standard InChI is InChI=1S/C19H26N2O4/c22-19(20-13-15-8-10-23-14-15)12-16-11-18(25-21-16)7-4-9-24-17-5-2-1-3-6-17/h1-3,5-6,15,18H,4,7-14H2,(H,20,22). The second kappa shape index (κ2) is 9.42. The van der Waals surface area contributed by atoms with Crippen molar-refractivity contribution in [2.75, 3.05) is 26.4 Å². The molecule has 0 saturated carbocycles. The number of benzene rings is 1. The highest BCUT2D eigenvalue weighted by atomic mass is 16.6. The largest absolute Gasteiger partial charge is 0.494 e. The van der Waals surface area contributed by atoms with Gasteiger partial charge in [-0.3, -0.25) is 4.79 Å². The summed E-state index contributed by atoms with van der Waals surface area (Å²) in [6, 6.07) is 9.78. The normalized spacial score (nSPS) is 22.3. The molecular formula is C19H26N2O4. The Morgan fingerprint density at radius 3 is 3.00 bits per heavy atom. The predicted molar refractivity (Wildman–Crippen MR) is 94.6 cm³/mol. The predicted octanol–water partition coefficient (Wildman–Crippen LogP) is 2.53. The molecule has 25 heavy (non-hydrogen) atoms. The van der Waals surface area contributed by atoms with Gasteiger partial charge < -0.3 is 19.6 Å². The first kappa shape index (κ1) is 17.7. The number of nitrogens with one attached hydrogen (secondary N) is 1. The van der Waals surface area contributed by atoms with E-state index in [0.29, 0.717) is 25.5 Å². The Bertz CT molecular complexity index is 570. The Balaban J connectivity index is 1.25. The lowest BCUT2D eigenvalue weighted by atomic mass is 10.1. The average molecular weight is 346 g/mol. The van der Waals surface area contributed by atoms with Gasteiger partial charge in [0.05, 0.1) is 25.3 Å². The maximum absolute atomic E-state index is 12.0. The molecule has 6 heteroatoms. The topological polar surface area (TPSA) is 69.2 Å². The van der Waals surface area contributed by atoms with Crippen LogP contribution in [-0.2, 0) is 14.4 Å². The molecule has 1 amide bonds. The summed E-state index contributed by atoms with van der Waals surface area (Å²) in [5.74, 6) is 1.35. The molecule has 1 saturated heterocycles. The number of ether oxygens (including phenoxy) is 2. The number of carbonyl (C=O) groups is 1. The molecule has 1 fully saturated rings. The monoisotopic (exact) mass is 346 g/mol.